The third-order valence-corrected chi connectivity index (χ3v) is 3.61. The number of benzene rings is 2. The minimum absolute atomic E-state index is 0.209. The van der Waals surface area contributed by atoms with Gasteiger partial charge in [0.05, 0.1) is 0 Å². The predicted molar refractivity (Wildman–Crippen MR) is 81.6 cm³/mol. The first-order chi connectivity index (χ1) is 8.43. The quantitative estimate of drug-likeness (QED) is 0.743. The van der Waals surface area contributed by atoms with Crippen LogP contribution >= 0.6 is 0 Å². The van der Waals surface area contributed by atoms with Crippen molar-refractivity contribution in [3.63, 3.8) is 0 Å². The van der Waals surface area contributed by atoms with Gasteiger partial charge >= 0.3 is 0 Å². The van der Waals surface area contributed by atoms with Gasteiger partial charge in [0.2, 0.25) is 0 Å². The summed E-state index contributed by atoms with van der Waals surface area (Å²) in [5.74, 6) is 0. The van der Waals surface area contributed by atoms with Crippen LogP contribution in [0, 0.1) is 0 Å². The Hall–Kier alpha value is -1.50. The fraction of sp³-hybridized carbons (Fsp3) is 0.412. The minimum atomic E-state index is 0.209. The third kappa shape index (κ3) is 2.35. The first kappa shape index (κ1) is 12.9. The molecule has 0 fully saturated rings. The van der Waals surface area contributed by atoms with Crippen molar-refractivity contribution in [2.75, 3.05) is 18.5 Å². The Balaban J connectivity index is 2.60. The monoisotopic (exact) mass is 241 g/mol. The van der Waals surface area contributed by atoms with E-state index in [9.17, 15) is 0 Å². The fourth-order valence-electron chi connectivity index (χ4n) is 2.24. The molecule has 0 radical (unpaired) electrons. The lowest BCUT2D eigenvalue weighted by molar-refractivity contribution is 0.591. The molecule has 0 N–H and O–H groups in total. The molecule has 96 valence electrons. The normalized spacial score (nSPS) is 11.8. The fourth-order valence-corrected chi connectivity index (χ4v) is 2.24. The van der Waals surface area contributed by atoms with E-state index in [4.69, 9.17) is 0 Å². The Morgan fingerprint density at radius 1 is 1.06 bits per heavy atom. The minimum Gasteiger partial charge on any atom is -0.374 e. The molecule has 2 aromatic rings. The lowest BCUT2D eigenvalue weighted by Crippen LogP contribution is -2.16. The van der Waals surface area contributed by atoms with Gasteiger partial charge in [0.1, 0.15) is 0 Å². The second kappa shape index (κ2) is 4.64. The highest BCUT2D eigenvalue weighted by Crippen LogP contribution is 2.30. The smallest absolute Gasteiger partial charge is 0.0443 e. The molecule has 0 heterocycles. The van der Waals surface area contributed by atoms with Gasteiger partial charge in [0, 0.05) is 24.7 Å². The van der Waals surface area contributed by atoms with Gasteiger partial charge in [0.15, 0.2) is 0 Å². The van der Waals surface area contributed by atoms with Crippen molar-refractivity contribution in [2.24, 2.45) is 0 Å². The van der Waals surface area contributed by atoms with E-state index in [0.29, 0.717) is 0 Å². The topological polar surface area (TPSA) is 3.24 Å². The first-order valence-electron chi connectivity index (χ1n) is 6.68. The largest absolute Gasteiger partial charge is 0.374 e. The molecule has 2 aromatic carbocycles. The molecule has 0 atom stereocenters. The Kier molecular flexibility index (Phi) is 3.34. The highest BCUT2D eigenvalue weighted by Gasteiger charge is 2.14. The van der Waals surface area contributed by atoms with E-state index in [2.05, 4.69) is 76.0 Å². The average molecular weight is 241 g/mol. The zero-order valence-electron chi connectivity index (χ0n) is 12.1. The molecule has 0 spiro atoms. The van der Waals surface area contributed by atoms with Crippen molar-refractivity contribution in [2.45, 2.75) is 33.1 Å². The summed E-state index contributed by atoms with van der Waals surface area (Å²) < 4.78 is 0. The van der Waals surface area contributed by atoms with Crippen LogP contribution in [0.4, 0.5) is 5.69 Å². The van der Waals surface area contributed by atoms with E-state index in [1.54, 1.807) is 0 Å². The number of rotatable bonds is 2. The van der Waals surface area contributed by atoms with E-state index in [1.165, 1.54) is 22.0 Å². The molecule has 0 amide bonds. The van der Waals surface area contributed by atoms with E-state index >= 15 is 0 Å². The zero-order valence-corrected chi connectivity index (χ0v) is 12.1. The van der Waals surface area contributed by atoms with Crippen LogP contribution in [-0.2, 0) is 5.41 Å². The molecular formula is C17H23N. The summed E-state index contributed by atoms with van der Waals surface area (Å²) in [6.45, 7) is 9.99. The van der Waals surface area contributed by atoms with Crippen LogP contribution in [0.5, 0.6) is 0 Å². The Labute approximate surface area is 110 Å². The second-order valence-electron chi connectivity index (χ2n) is 5.98. The summed E-state index contributed by atoms with van der Waals surface area (Å²) in [6, 6.07) is 13.4. The molecule has 0 aliphatic rings. The first-order valence-corrected chi connectivity index (χ1v) is 6.68. The summed E-state index contributed by atoms with van der Waals surface area (Å²) >= 11 is 0. The van der Waals surface area contributed by atoms with E-state index in [1.807, 2.05) is 0 Å². The Bertz CT molecular complexity index is 549. The van der Waals surface area contributed by atoms with Crippen LogP contribution in [0.3, 0.4) is 0 Å². The van der Waals surface area contributed by atoms with Gasteiger partial charge < -0.3 is 4.90 Å². The number of hydrogen-bond acceptors (Lipinski definition) is 1. The average Bonchev–Trinajstić information content (AvgIpc) is 2.35. The van der Waals surface area contributed by atoms with Crippen LogP contribution in [0.1, 0.15) is 33.3 Å². The standard InChI is InChI=1S/C17H23N/c1-6-18(5)16-9-7-8-13-12-14(17(2,3)4)10-11-15(13)16/h7-12H,6H2,1-5H3. The summed E-state index contributed by atoms with van der Waals surface area (Å²) in [6.07, 6.45) is 0. The van der Waals surface area contributed by atoms with Crippen LogP contribution in [0.15, 0.2) is 36.4 Å². The predicted octanol–water partition coefficient (Wildman–Crippen LogP) is 4.59. The van der Waals surface area contributed by atoms with Crippen molar-refractivity contribution >= 4 is 16.5 Å². The SMILES string of the molecule is CCN(C)c1cccc2cc(C(C)(C)C)ccc12. The van der Waals surface area contributed by atoms with Crippen molar-refractivity contribution in [3.8, 4) is 0 Å². The molecule has 0 aromatic heterocycles. The van der Waals surface area contributed by atoms with Gasteiger partial charge in [-0.15, -0.1) is 0 Å². The molecule has 1 nitrogen and oxygen atoms in total. The Morgan fingerprint density at radius 3 is 2.39 bits per heavy atom. The molecular weight excluding hydrogens is 218 g/mol. The zero-order chi connectivity index (χ0) is 13.3. The van der Waals surface area contributed by atoms with Crippen molar-refractivity contribution in [3.05, 3.63) is 42.0 Å². The van der Waals surface area contributed by atoms with Crippen LogP contribution in [-0.4, -0.2) is 13.6 Å². The maximum Gasteiger partial charge on any atom is 0.0443 e. The van der Waals surface area contributed by atoms with Crippen molar-refractivity contribution in [1.29, 1.82) is 0 Å². The molecule has 2 rings (SSSR count). The third-order valence-electron chi connectivity index (χ3n) is 3.61. The van der Waals surface area contributed by atoms with Gasteiger partial charge in [-0.2, -0.15) is 0 Å². The molecule has 0 saturated heterocycles. The molecule has 0 unspecified atom stereocenters. The highest BCUT2D eigenvalue weighted by molar-refractivity contribution is 5.94. The maximum atomic E-state index is 2.32. The summed E-state index contributed by atoms with van der Waals surface area (Å²) in [5, 5.41) is 2.68. The van der Waals surface area contributed by atoms with Crippen molar-refractivity contribution in [1.82, 2.24) is 0 Å². The number of anilines is 1. The van der Waals surface area contributed by atoms with Gasteiger partial charge in [-0.25, -0.2) is 0 Å². The molecule has 18 heavy (non-hydrogen) atoms. The van der Waals surface area contributed by atoms with E-state index in [0.717, 1.165) is 6.54 Å². The van der Waals surface area contributed by atoms with Gasteiger partial charge in [-0.3, -0.25) is 0 Å². The van der Waals surface area contributed by atoms with Gasteiger partial charge in [-0.1, -0.05) is 51.1 Å². The molecule has 0 saturated carbocycles. The van der Waals surface area contributed by atoms with E-state index < -0.39 is 0 Å². The molecule has 0 aliphatic heterocycles. The van der Waals surface area contributed by atoms with Crippen molar-refractivity contribution < 1.29 is 0 Å². The number of fused-ring (bicyclic) bond motifs is 1. The summed E-state index contributed by atoms with van der Waals surface area (Å²) in [7, 11) is 2.15. The summed E-state index contributed by atoms with van der Waals surface area (Å²) in [5.41, 5.74) is 2.92. The highest BCUT2D eigenvalue weighted by atomic mass is 15.1. The number of hydrogen-bond donors (Lipinski definition) is 0. The molecule has 1 heteroatoms. The Morgan fingerprint density at radius 2 is 1.78 bits per heavy atom. The van der Waals surface area contributed by atoms with E-state index in [-0.39, 0.29) is 5.41 Å². The van der Waals surface area contributed by atoms with Gasteiger partial charge in [-0.05, 0) is 29.4 Å². The van der Waals surface area contributed by atoms with Crippen LogP contribution in [0.2, 0.25) is 0 Å². The van der Waals surface area contributed by atoms with Gasteiger partial charge in [0.25, 0.3) is 0 Å². The second-order valence-corrected chi connectivity index (χ2v) is 5.98. The lowest BCUT2D eigenvalue weighted by atomic mass is 9.86. The van der Waals surface area contributed by atoms with Crippen LogP contribution < -0.4 is 4.90 Å². The summed E-state index contributed by atoms with van der Waals surface area (Å²) in [4.78, 5) is 2.29. The maximum absolute atomic E-state index is 2.32. The molecule has 0 aliphatic carbocycles. The molecule has 0 bridgehead atoms. The van der Waals surface area contributed by atoms with Crippen LogP contribution in [0.25, 0.3) is 10.8 Å². The number of nitrogens with zero attached hydrogens (tertiary/aromatic N) is 1. The lowest BCUT2D eigenvalue weighted by Gasteiger charge is -2.22.